The van der Waals surface area contributed by atoms with Crippen LogP contribution in [-0.2, 0) is 30.6 Å². The number of carbonyl (C=O) groups excluding carboxylic acids is 2. The van der Waals surface area contributed by atoms with Gasteiger partial charge in [-0.25, -0.2) is 8.42 Å². The van der Waals surface area contributed by atoms with Gasteiger partial charge in [-0.3, -0.25) is 9.59 Å². The van der Waals surface area contributed by atoms with Crippen molar-refractivity contribution in [2.75, 3.05) is 17.7 Å². The molecule has 30 heavy (non-hydrogen) atoms. The first-order valence-corrected chi connectivity index (χ1v) is 11.3. The number of anilines is 1. The molecule has 0 saturated heterocycles. The Morgan fingerprint density at radius 2 is 1.63 bits per heavy atom. The van der Waals surface area contributed by atoms with Crippen molar-refractivity contribution in [3.8, 4) is 0 Å². The minimum atomic E-state index is -3.64. The summed E-state index contributed by atoms with van der Waals surface area (Å²) in [6, 6.07) is 19.7. The predicted octanol–water partition coefficient (Wildman–Crippen LogP) is 3.75. The van der Waals surface area contributed by atoms with Gasteiger partial charge in [-0.05, 0) is 41.0 Å². The van der Waals surface area contributed by atoms with Gasteiger partial charge in [-0.2, -0.15) is 0 Å². The van der Waals surface area contributed by atoms with Crippen LogP contribution in [0.5, 0.6) is 0 Å². The van der Waals surface area contributed by atoms with Crippen LogP contribution in [0, 0.1) is 0 Å². The number of carbonyl (C=O) groups is 2. The molecule has 0 atom stereocenters. The van der Waals surface area contributed by atoms with Gasteiger partial charge in [0, 0.05) is 5.69 Å². The average Bonchev–Trinajstić information content (AvgIpc) is 2.76. The zero-order chi connectivity index (χ0) is 21.6. The molecule has 0 bridgehead atoms. The van der Waals surface area contributed by atoms with Gasteiger partial charge in [0.1, 0.15) is 0 Å². The largest absolute Gasteiger partial charge is 0.456 e. The minimum Gasteiger partial charge on any atom is -0.456 e. The van der Waals surface area contributed by atoms with Crippen molar-refractivity contribution < 1.29 is 22.7 Å². The third kappa shape index (κ3) is 5.45. The molecule has 0 unspecified atom stereocenters. The van der Waals surface area contributed by atoms with Gasteiger partial charge in [-0.15, -0.1) is 0 Å². The number of ether oxygens (including phenoxy) is 1. The summed E-state index contributed by atoms with van der Waals surface area (Å²) < 4.78 is 30.0. The molecule has 0 aliphatic carbocycles. The first-order chi connectivity index (χ1) is 14.4. The van der Waals surface area contributed by atoms with Crippen LogP contribution in [0.1, 0.15) is 18.9 Å². The number of hydrogen-bond donors (Lipinski definition) is 1. The topological polar surface area (TPSA) is 89.5 Å². The number of aryl methyl sites for hydroxylation is 1. The molecular weight excluding hydrogens is 402 g/mol. The normalized spacial score (nSPS) is 11.2. The molecule has 0 heterocycles. The number of hydrogen-bond acceptors (Lipinski definition) is 5. The van der Waals surface area contributed by atoms with Crippen LogP contribution < -0.4 is 5.32 Å². The number of esters is 1. The fraction of sp³-hybridized carbons (Fsp3) is 0.217. The van der Waals surface area contributed by atoms with E-state index in [9.17, 15) is 18.0 Å². The molecule has 7 heteroatoms. The average molecular weight is 426 g/mol. The summed E-state index contributed by atoms with van der Waals surface area (Å²) in [5.41, 5.74) is 1.64. The van der Waals surface area contributed by atoms with E-state index in [-0.39, 0.29) is 17.1 Å². The second-order valence-corrected chi connectivity index (χ2v) is 8.91. The zero-order valence-electron chi connectivity index (χ0n) is 16.6. The Hall–Kier alpha value is -3.19. The molecular formula is C23H23NO5S. The molecule has 3 aromatic rings. The highest BCUT2D eigenvalue weighted by molar-refractivity contribution is 7.91. The Morgan fingerprint density at radius 3 is 2.40 bits per heavy atom. The number of nitrogens with one attached hydrogen (secondary N) is 1. The van der Waals surface area contributed by atoms with Gasteiger partial charge in [0.15, 0.2) is 16.4 Å². The molecule has 156 valence electrons. The number of fused-ring (bicyclic) bond motifs is 1. The summed E-state index contributed by atoms with van der Waals surface area (Å²) in [5, 5.41) is 4.44. The van der Waals surface area contributed by atoms with Gasteiger partial charge >= 0.3 is 5.97 Å². The zero-order valence-corrected chi connectivity index (χ0v) is 17.4. The molecule has 0 radical (unpaired) electrons. The molecule has 1 amide bonds. The van der Waals surface area contributed by atoms with Crippen LogP contribution >= 0.6 is 0 Å². The van der Waals surface area contributed by atoms with E-state index in [4.69, 9.17) is 4.74 Å². The lowest BCUT2D eigenvalue weighted by Crippen LogP contribution is -2.22. The van der Waals surface area contributed by atoms with E-state index in [0.717, 1.165) is 22.8 Å². The smallest absolute Gasteiger partial charge is 0.307 e. The number of benzene rings is 3. The Balaban J connectivity index is 1.52. The lowest BCUT2D eigenvalue weighted by molar-refractivity contribution is -0.146. The molecule has 3 aromatic carbocycles. The van der Waals surface area contributed by atoms with Crippen molar-refractivity contribution in [2.45, 2.75) is 24.7 Å². The van der Waals surface area contributed by atoms with Gasteiger partial charge in [-0.1, -0.05) is 55.5 Å². The fourth-order valence-electron chi connectivity index (χ4n) is 3.05. The predicted molar refractivity (Wildman–Crippen MR) is 116 cm³/mol. The van der Waals surface area contributed by atoms with Crippen molar-refractivity contribution >= 4 is 38.2 Å². The fourth-order valence-corrected chi connectivity index (χ4v) is 4.30. The SMILES string of the molecule is CCc1ccccc1NC(=O)COC(=O)CCS(=O)(=O)c1ccc2ccccc2c1. The third-order valence-electron chi connectivity index (χ3n) is 4.69. The molecule has 0 aromatic heterocycles. The second kappa shape index (κ2) is 9.54. The maximum atomic E-state index is 12.5. The van der Waals surface area contributed by atoms with Crippen molar-refractivity contribution in [3.05, 3.63) is 72.3 Å². The van der Waals surface area contributed by atoms with Crippen LogP contribution in [0.2, 0.25) is 0 Å². The summed E-state index contributed by atoms with van der Waals surface area (Å²) in [5.74, 6) is -1.59. The molecule has 1 N–H and O–H groups in total. The molecule has 6 nitrogen and oxygen atoms in total. The van der Waals surface area contributed by atoms with Crippen molar-refractivity contribution in [3.63, 3.8) is 0 Å². The van der Waals surface area contributed by atoms with E-state index in [1.807, 2.05) is 43.3 Å². The Bertz CT molecular complexity index is 1170. The molecule has 3 rings (SSSR count). The first kappa shape index (κ1) is 21.5. The van der Waals surface area contributed by atoms with E-state index >= 15 is 0 Å². The molecule has 0 spiro atoms. The lowest BCUT2D eigenvalue weighted by atomic mass is 10.1. The highest BCUT2D eigenvalue weighted by Gasteiger charge is 2.18. The molecule has 0 fully saturated rings. The van der Waals surface area contributed by atoms with Crippen molar-refractivity contribution in [1.82, 2.24) is 0 Å². The maximum absolute atomic E-state index is 12.5. The maximum Gasteiger partial charge on any atom is 0.307 e. The monoisotopic (exact) mass is 425 g/mol. The number of sulfone groups is 1. The van der Waals surface area contributed by atoms with E-state index in [1.54, 1.807) is 24.3 Å². The molecule has 0 aliphatic heterocycles. The van der Waals surface area contributed by atoms with Gasteiger partial charge in [0.2, 0.25) is 0 Å². The van der Waals surface area contributed by atoms with Crippen LogP contribution in [0.4, 0.5) is 5.69 Å². The first-order valence-electron chi connectivity index (χ1n) is 9.64. The van der Waals surface area contributed by atoms with Crippen LogP contribution in [0.25, 0.3) is 10.8 Å². The van der Waals surface area contributed by atoms with Crippen LogP contribution in [0.3, 0.4) is 0 Å². The Kier molecular flexibility index (Phi) is 6.84. The van der Waals surface area contributed by atoms with Crippen LogP contribution in [-0.4, -0.2) is 32.7 Å². The summed E-state index contributed by atoms with van der Waals surface area (Å²) >= 11 is 0. The summed E-state index contributed by atoms with van der Waals surface area (Å²) in [4.78, 5) is 24.1. The highest BCUT2D eigenvalue weighted by atomic mass is 32.2. The quantitative estimate of drug-likeness (QED) is 0.555. The summed E-state index contributed by atoms with van der Waals surface area (Å²) in [6.07, 6.45) is 0.427. The van der Waals surface area contributed by atoms with Gasteiger partial charge < -0.3 is 10.1 Å². The van der Waals surface area contributed by atoms with E-state index in [2.05, 4.69) is 5.32 Å². The minimum absolute atomic E-state index is 0.155. The third-order valence-corrected chi connectivity index (χ3v) is 6.41. The highest BCUT2D eigenvalue weighted by Crippen LogP contribution is 2.20. The van der Waals surface area contributed by atoms with Gasteiger partial charge in [0.05, 0.1) is 17.1 Å². The molecule has 0 aliphatic rings. The number of amides is 1. The van der Waals surface area contributed by atoms with E-state index in [1.165, 1.54) is 6.07 Å². The van der Waals surface area contributed by atoms with Gasteiger partial charge in [0.25, 0.3) is 5.91 Å². The Labute approximate surface area is 175 Å². The van der Waals surface area contributed by atoms with Crippen molar-refractivity contribution in [1.29, 1.82) is 0 Å². The van der Waals surface area contributed by atoms with Crippen LogP contribution in [0.15, 0.2) is 71.6 Å². The lowest BCUT2D eigenvalue weighted by Gasteiger charge is -2.10. The van der Waals surface area contributed by atoms with E-state index < -0.39 is 28.3 Å². The molecule has 0 saturated carbocycles. The standard InChI is InChI=1S/C23H23NO5S/c1-2-17-7-5-6-10-21(17)24-22(25)16-29-23(26)13-14-30(27,28)20-12-11-18-8-3-4-9-19(18)15-20/h3-12,15H,2,13-14,16H2,1H3,(H,24,25). The number of rotatable bonds is 8. The van der Waals surface area contributed by atoms with E-state index in [0.29, 0.717) is 5.69 Å². The Morgan fingerprint density at radius 1 is 0.933 bits per heavy atom. The summed E-state index contributed by atoms with van der Waals surface area (Å²) in [6.45, 7) is 1.51. The van der Waals surface area contributed by atoms with Crippen molar-refractivity contribution in [2.24, 2.45) is 0 Å². The number of para-hydroxylation sites is 1. The summed E-state index contributed by atoms with van der Waals surface area (Å²) in [7, 11) is -3.64. The second-order valence-electron chi connectivity index (χ2n) is 6.80.